The summed E-state index contributed by atoms with van der Waals surface area (Å²) >= 11 is 0. The summed E-state index contributed by atoms with van der Waals surface area (Å²) < 4.78 is 2.41. The molecule has 0 amide bonds. The van der Waals surface area contributed by atoms with E-state index in [-0.39, 0.29) is 0 Å². The maximum Gasteiger partial charge on any atom is 0.220 e. The van der Waals surface area contributed by atoms with Crippen molar-refractivity contribution in [2.24, 2.45) is 7.05 Å². The molecule has 0 spiro atoms. The van der Waals surface area contributed by atoms with Crippen molar-refractivity contribution in [2.75, 3.05) is 0 Å². The van der Waals surface area contributed by atoms with Gasteiger partial charge in [-0.1, -0.05) is 62.8 Å². The second-order valence-corrected chi connectivity index (χ2v) is 10.3. The molecule has 31 heavy (non-hydrogen) atoms. The molecule has 0 unspecified atom stereocenters. The zero-order valence-electron chi connectivity index (χ0n) is 19.7. The molecule has 162 valence electrons. The summed E-state index contributed by atoms with van der Waals surface area (Å²) in [4.78, 5) is 0. The van der Waals surface area contributed by atoms with Crippen LogP contribution >= 0.6 is 0 Å². The maximum absolute atomic E-state index is 2.52. The van der Waals surface area contributed by atoms with Crippen LogP contribution in [0, 0.1) is 13.8 Å². The standard InChI is InChI=1S/C30H38N/c1-21-14-15-26(24-12-8-5-9-13-24)20-29(21)30-28-17-16-25(23-10-6-4-7-11-23)19-27(28)18-22(2)31(30)3/h14-20,23-24H,4-13H2,1-3H3/q+1. The molecule has 0 atom stereocenters. The molecule has 0 radical (unpaired) electrons. The minimum absolute atomic E-state index is 0.743. The summed E-state index contributed by atoms with van der Waals surface area (Å²) in [6.45, 7) is 4.54. The Bertz CT molecular complexity index is 1080. The number of nitrogens with zero attached hydrogens (tertiary/aromatic N) is 1. The van der Waals surface area contributed by atoms with E-state index < -0.39 is 0 Å². The van der Waals surface area contributed by atoms with E-state index in [1.165, 1.54) is 97.5 Å². The first-order valence-corrected chi connectivity index (χ1v) is 12.7. The SMILES string of the molecule is Cc1ccc(C2CCCCC2)cc1-c1c2ccc(C3CCCCC3)cc2cc(C)[n+]1C. The third-order valence-electron chi connectivity index (χ3n) is 8.23. The van der Waals surface area contributed by atoms with Crippen LogP contribution in [0.25, 0.3) is 22.0 Å². The molecular weight excluding hydrogens is 374 g/mol. The molecule has 2 aromatic carbocycles. The highest BCUT2D eigenvalue weighted by molar-refractivity contribution is 5.94. The number of benzene rings is 2. The monoisotopic (exact) mass is 412 g/mol. The molecule has 2 aliphatic carbocycles. The molecular formula is C30H38N+. The molecule has 3 aromatic rings. The van der Waals surface area contributed by atoms with Crippen molar-refractivity contribution >= 4 is 10.8 Å². The quantitative estimate of drug-likeness (QED) is 0.383. The Morgan fingerprint density at radius 2 is 1.26 bits per heavy atom. The van der Waals surface area contributed by atoms with Crippen LogP contribution in [-0.4, -0.2) is 0 Å². The second kappa shape index (κ2) is 8.77. The molecule has 1 heterocycles. The molecule has 2 saturated carbocycles. The van der Waals surface area contributed by atoms with Crippen LogP contribution in [0.4, 0.5) is 0 Å². The summed E-state index contributed by atoms with van der Waals surface area (Å²) in [6, 6.07) is 17.0. The summed E-state index contributed by atoms with van der Waals surface area (Å²) in [6.07, 6.45) is 13.8. The van der Waals surface area contributed by atoms with E-state index in [9.17, 15) is 0 Å². The number of fused-ring (bicyclic) bond motifs is 1. The van der Waals surface area contributed by atoms with Gasteiger partial charge in [-0.25, -0.2) is 0 Å². The highest BCUT2D eigenvalue weighted by Gasteiger charge is 2.24. The van der Waals surface area contributed by atoms with Crippen LogP contribution < -0.4 is 4.57 Å². The van der Waals surface area contributed by atoms with Crippen molar-refractivity contribution in [2.45, 2.75) is 89.9 Å². The molecule has 1 heteroatoms. The third kappa shape index (κ3) is 4.04. The van der Waals surface area contributed by atoms with E-state index in [1.54, 1.807) is 11.1 Å². The predicted octanol–water partition coefficient (Wildman–Crippen LogP) is 8.04. The van der Waals surface area contributed by atoms with E-state index in [4.69, 9.17) is 0 Å². The molecule has 5 rings (SSSR count). The average Bonchev–Trinajstić information content (AvgIpc) is 2.81. The summed E-state index contributed by atoms with van der Waals surface area (Å²) in [7, 11) is 2.24. The minimum atomic E-state index is 0.743. The number of pyridine rings is 1. The smallest absolute Gasteiger partial charge is 0.198 e. The topological polar surface area (TPSA) is 3.88 Å². The van der Waals surface area contributed by atoms with Gasteiger partial charge in [0.05, 0.1) is 5.39 Å². The molecule has 1 aromatic heterocycles. The van der Waals surface area contributed by atoms with Crippen molar-refractivity contribution in [3.05, 3.63) is 64.8 Å². The number of aryl methyl sites for hydroxylation is 2. The van der Waals surface area contributed by atoms with Gasteiger partial charge in [0, 0.05) is 18.6 Å². The first kappa shape index (κ1) is 20.7. The maximum atomic E-state index is 2.52. The van der Waals surface area contributed by atoms with E-state index >= 15 is 0 Å². The lowest BCUT2D eigenvalue weighted by Gasteiger charge is -2.23. The van der Waals surface area contributed by atoms with Gasteiger partial charge in [-0.3, -0.25) is 0 Å². The van der Waals surface area contributed by atoms with Crippen LogP contribution in [0.3, 0.4) is 0 Å². The van der Waals surface area contributed by atoms with Gasteiger partial charge in [-0.2, -0.15) is 4.57 Å². The fourth-order valence-electron chi connectivity index (χ4n) is 6.20. The number of hydrogen-bond donors (Lipinski definition) is 0. The Hall–Kier alpha value is -2.15. The molecule has 1 nitrogen and oxygen atoms in total. The minimum Gasteiger partial charge on any atom is -0.198 e. The molecule has 0 bridgehead atoms. The molecule has 2 fully saturated rings. The van der Waals surface area contributed by atoms with Gasteiger partial charge in [0.2, 0.25) is 5.69 Å². The van der Waals surface area contributed by atoms with Crippen LogP contribution in [0.15, 0.2) is 42.5 Å². The number of hydrogen-bond acceptors (Lipinski definition) is 0. The number of aromatic nitrogens is 1. The fraction of sp³-hybridized carbons (Fsp3) is 0.500. The molecule has 2 aliphatic rings. The van der Waals surface area contributed by atoms with Crippen LogP contribution in [0.5, 0.6) is 0 Å². The van der Waals surface area contributed by atoms with Crippen molar-refractivity contribution in [3.8, 4) is 11.3 Å². The Labute approximate surface area is 188 Å². The van der Waals surface area contributed by atoms with Crippen molar-refractivity contribution in [3.63, 3.8) is 0 Å². The summed E-state index contributed by atoms with van der Waals surface area (Å²) in [5.41, 5.74) is 8.64. The Morgan fingerprint density at radius 1 is 0.677 bits per heavy atom. The third-order valence-corrected chi connectivity index (χ3v) is 8.23. The normalized spacial score (nSPS) is 18.5. The lowest BCUT2D eigenvalue weighted by atomic mass is 9.82. The molecule has 0 aliphatic heterocycles. The first-order chi connectivity index (χ1) is 15.1. The average molecular weight is 413 g/mol. The van der Waals surface area contributed by atoms with E-state index in [0.717, 1.165) is 11.8 Å². The largest absolute Gasteiger partial charge is 0.220 e. The van der Waals surface area contributed by atoms with Gasteiger partial charge in [0.15, 0.2) is 5.69 Å². The lowest BCUT2D eigenvalue weighted by Crippen LogP contribution is -2.35. The molecule has 0 saturated heterocycles. The fourth-order valence-corrected chi connectivity index (χ4v) is 6.20. The summed E-state index contributed by atoms with van der Waals surface area (Å²) in [5, 5.41) is 2.81. The van der Waals surface area contributed by atoms with Crippen molar-refractivity contribution in [1.82, 2.24) is 0 Å². The highest BCUT2D eigenvalue weighted by atomic mass is 14.9. The lowest BCUT2D eigenvalue weighted by molar-refractivity contribution is -0.665. The van der Waals surface area contributed by atoms with Gasteiger partial charge in [0.1, 0.15) is 7.05 Å². The molecule has 0 N–H and O–H groups in total. The van der Waals surface area contributed by atoms with E-state index in [1.807, 2.05) is 0 Å². The van der Waals surface area contributed by atoms with E-state index in [0.29, 0.717) is 0 Å². The zero-order valence-corrected chi connectivity index (χ0v) is 19.7. The van der Waals surface area contributed by atoms with Gasteiger partial charge in [-0.05, 0) is 78.7 Å². The summed E-state index contributed by atoms with van der Waals surface area (Å²) in [5.74, 6) is 1.50. The van der Waals surface area contributed by atoms with Gasteiger partial charge in [-0.15, -0.1) is 0 Å². The Morgan fingerprint density at radius 3 is 1.90 bits per heavy atom. The first-order valence-electron chi connectivity index (χ1n) is 12.7. The van der Waals surface area contributed by atoms with Crippen molar-refractivity contribution in [1.29, 1.82) is 0 Å². The van der Waals surface area contributed by atoms with Crippen LogP contribution in [-0.2, 0) is 7.05 Å². The van der Waals surface area contributed by atoms with E-state index in [2.05, 4.69) is 67.9 Å². The van der Waals surface area contributed by atoms with Crippen LogP contribution in [0.2, 0.25) is 0 Å². The Kier molecular flexibility index (Phi) is 5.87. The zero-order chi connectivity index (χ0) is 21.4. The van der Waals surface area contributed by atoms with Gasteiger partial charge < -0.3 is 0 Å². The van der Waals surface area contributed by atoms with Crippen LogP contribution in [0.1, 0.15) is 98.4 Å². The second-order valence-electron chi connectivity index (χ2n) is 10.3. The van der Waals surface area contributed by atoms with Gasteiger partial charge in [0.25, 0.3) is 0 Å². The predicted molar refractivity (Wildman–Crippen MR) is 132 cm³/mol. The highest BCUT2D eigenvalue weighted by Crippen LogP contribution is 2.38. The number of rotatable bonds is 3. The Balaban J connectivity index is 1.62. The van der Waals surface area contributed by atoms with Crippen molar-refractivity contribution < 1.29 is 4.57 Å². The van der Waals surface area contributed by atoms with Gasteiger partial charge >= 0.3 is 0 Å².